The van der Waals surface area contributed by atoms with Gasteiger partial charge in [-0.05, 0) is 32.3 Å². The number of hydrogen-bond donors (Lipinski definition) is 2. The van der Waals surface area contributed by atoms with E-state index in [1.165, 1.54) is 6.07 Å². The first-order valence-corrected chi connectivity index (χ1v) is 6.48. The van der Waals surface area contributed by atoms with E-state index in [9.17, 15) is 14.4 Å². The number of hydrogen-bond acceptors (Lipinski definition) is 3. The zero-order valence-corrected chi connectivity index (χ0v) is 11.4. The number of pyridine rings is 1. The highest BCUT2D eigenvalue weighted by atomic mass is 16.2. The number of aromatic nitrogens is 1. The Morgan fingerprint density at radius 2 is 2.05 bits per heavy atom. The highest BCUT2D eigenvalue weighted by Crippen LogP contribution is 2.23. The zero-order chi connectivity index (χ0) is 14.2. The molecule has 0 bridgehead atoms. The molecule has 0 aromatic carbocycles. The lowest BCUT2D eigenvalue weighted by atomic mass is 9.86. The van der Waals surface area contributed by atoms with Crippen molar-refractivity contribution in [2.24, 2.45) is 5.92 Å². The lowest BCUT2D eigenvalue weighted by Gasteiger charge is -2.20. The van der Waals surface area contributed by atoms with Crippen LogP contribution in [-0.2, 0) is 6.42 Å². The van der Waals surface area contributed by atoms with E-state index < -0.39 is 11.5 Å². The standard InChI is InChI=1S/C14H18N2O3/c1-7(2)15-13(18)10-6-9-11(16-14(10)19)4-8(3)5-12(9)17/h6-8H,4-5H2,1-3H3,(H,15,18)(H,16,19)/t8-/m1/s1. The summed E-state index contributed by atoms with van der Waals surface area (Å²) in [7, 11) is 0. The number of carbonyl (C=O) groups excluding carboxylic acids is 2. The summed E-state index contributed by atoms with van der Waals surface area (Å²) in [4.78, 5) is 38.4. The molecule has 1 aromatic rings. The van der Waals surface area contributed by atoms with E-state index in [0.29, 0.717) is 24.1 Å². The average molecular weight is 262 g/mol. The van der Waals surface area contributed by atoms with Crippen LogP contribution in [0.15, 0.2) is 10.9 Å². The molecule has 2 N–H and O–H groups in total. The van der Waals surface area contributed by atoms with Crippen molar-refractivity contribution in [3.8, 4) is 0 Å². The lowest BCUT2D eigenvalue weighted by Crippen LogP contribution is -2.35. The van der Waals surface area contributed by atoms with Crippen molar-refractivity contribution in [2.75, 3.05) is 0 Å². The van der Waals surface area contributed by atoms with Crippen molar-refractivity contribution in [2.45, 2.75) is 39.7 Å². The predicted molar refractivity (Wildman–Crippen MR) is 71.5 cm³/mol. The number of fused-ring (bicyclic) bond motifs is 1. The van der Waals surface area contributed by atoms with Gasteiger partial charge in [0, 0.05) is 23.7 Å². The summed E-state index contributed by atoms with van der Waals surface area (Å²) in [5.41, 5.74) is 0.704. The molecule has 5 heteroatoms. The molecule has 0 aliphatic heterocycles. The molecule has 0 saturated carbocycles. The first-order valence-electron chi connectivity index (χ1n) is 6.48. The summed E-state index contributed by atoms with van der Waals surface area (Å²) in [6, 6.07) is 1.37. The number of rotatable bonds is 2. The molecule has 1 aliphatic carbocycles. The second-order valence-corrected chi connectivity index (χ2v) is 5.47. The van der Waals surface area contributed by atoms with Gasteiger partial charge < -0.3 is 10.3 Å². The SMILES string of the molecule is CC(C)NC(=O)c1cc2c([nH]c1=O)C[C@@H](C)CC2=O. The Morgan fingerprint density at radius 1 is 1.37 bits per heavy atom. The molecule has 1 heterocycles. The number of amides is 1. The third-order valence-electron chi connectivity index (χ3n) is 3.17. The van der Waals surface area contributed by atoms with E-state index >= 15 is 0 Å². The molecule has 2 rings (SSSR count). The van der Waals surface area contributed by atoms with E-state index in [-0.39, 0.29) is 23.3 Å². The largest absolute Gasteiger partial charge is 0.350 e. The van der Waals surface area contributed by atoms with Crippen molar-refractivity contribution in [3.05, 3.63) is 33.2 Å². The third kappa shape index (κ3) is 2.75. The van der Waals surface area contributed by atoms with Gasteiger partial charge in [0.05, 0.1) is 0 Å². The van der Waals surface area contributed by atoms with Gasteiger partial charge in [0.2, 0.25) is 0 Å². The summed E-state index contributed by atoms with van der Waals surface area (Å²) in [6.07, 6.45) is 1.13. The summed E-state index contributed by atoms with van der Waals surface area (Å²) < 4.78 is 0. The van der Waals surface area contributed by atoms with E-state index in [1.54, 1.807) is 0 Å². The minimum Gasteiger partial charge on any atom is -0.350 e. The van der Waals surface area contributed by atoms with E-state index in [0.717, 1.165) is 0 Å². The van der Waals surface area contributed by atoms with Gasteiger partial charge in [0.15, 0.2) is 5.78 Å². The van der Waals surface area contributed by atoms with Crippen molar-refractivity contribution < 1.29 is 9.59 Å². The summed E-state index contributed by atoms with van der Waals surface area (Å²) in [5.74, 6) is -0.222. The van der Waals surface area contributed by atoms with Crippen LogP contribution >= 0.6 is 0 Å². The summed E-state index contributed by atoms with van der Waals surface area (Å²) >= 11 is 0. The van der Waals surface area contributed by atoms with Crippen LogP contribution in [0.2, 0.25) is 0 Å². The maximum absolute atomic E-state index is 12.0. The van der Waals surface area contributed by atoms with Gasteiger partial charge in [-0.15, -0.1) is 0 Å². The molecule has 0 fully saturated rings. The van der Waals surface area contributed by atoms with Crippen molar-refractivity contribution in [1.29, 1.82) is 0 Å². The Hall–Kier alpha value is -1.91. The van der Waals surface area contributed by atoms with E-state index in [1.807, 2.05) is 20.8 Å². The molecule has 19 heavy (non-hydrogen) atoms. The third-order valence-corrected chi connectivity index (χ3v) is 3.17. The van der Waals surface area contributed by atoms with Crippen LogP contribution in [0.1, 0.15) is 53.6 Å². The Balaban J connectivity index is 2.44. The smallest absolute Gasteiger partial charge is 0.261 e. The minimum absolute atomic E-state index is 0.00959. The van der Waals surface area contributed by atoms with Crippen molar-refractivity contribution >= 4 is 11.7 Å². The Bertz CT molecular complexity index is 587. The highest BCUT2D eigenvalue weighted by Gasteiger charge is 2.25. The molecule has 1 aromatic heterocycles. The van der Waals surface area contributed by atoms with Crippen LogP contribution in [0.3, 0.4) is 0 Å². The average Bonchev–Trinajstić information content (AvgIpc) is 2.26. The number of Topliss-reactive ketones (excluding diaryl/α,β-unsaturated/α-hetero) is 1. The Morgan fingerprint density at radius 3 is 2.68 bits per heavy atom. The van der Waals surface area contributed by atoms with E-state index in [2.05, 4.69) is 10.3 Å². The molecular formula is C14H18N2O3. The van der Waals surface area contributed by atoms with Crippen LogP contribution in [0, 0.1) is 5.92 Å². The molecular weight excluding hydrogens is 244 g/mol. The summed E-state index contributed by atoms with van der Waals surface area (Å²) in [5, 5.41) is 2.66. The second kappa shape index (κ2) is 4.99. The number of ketones is 1. The normalized spacial score (nSPS) is 18.3. The molecule has 0 spiro atoms. The van der Waals surface area contributed by atoms with Gasteiger partial charge in [-0.25, -0.2) is 0 Å². The van der Waals surface area contributed by atoms with Crippen LogP contribution in [-0.4, -0.2) is 22.7 Å². The second-order valence-electron chi connectivity index (χ2n) is 5.47. The minimum atomic E-state index is -0.439. The number of carbonyl (C=O) groups is 2. The number of nitrogens with one attached hydrogen (secondary N) is 2. The maximum Gasteiger partial charge on any atom is 0.261 e. The molecule has 5 nitrogen and oxygen atoms in total. The van der Waals surface area contributed by atoms with Crippen LogP contribution in [0.5, 0.6) is 0 Å². The van der Waals surface area contributed by atoms with Crippen molar-refractivity contribution in [3.63, 3.8) is 0 Å². The first-order chi connectivity index (χ1) is 8.88. The van der Waals surface area contributed by atoms with Gasteiger partial charge in [0.1, 0.15) is 5.56 Å². The van der Waals surface area contributed by atoms with Crippen LogP contribution in [0.25, 0.3) is 0 Å². The van der Waals surface area contributed by atoms with Gasteiger partial charge in [0.25, 0.3) is 11.5 Å². The van der Waals surface area contributed by atoms with Gasteiger partial charge >= 0.3 is 0 Å². The van der Waals surface area contributed by atoms with Crippen LogP contribution < -0.4 is 10.9 Å². The topological polar surface area (TPSA) is 79.0 Å². The molecule has 1 atom stereocenters. The molecule has 0 unspecified atom stereocenters. The highest BCUT2D eigenvalue weighted by molar-refractivity contribution is 6.01. The lowest BCUT2D eigenvalue weighted by molar-refractivity contribution is 0.0941. The molecule has 102 valence electrons. The van der Waals surface area contributed by atoms with Gasteiger partial charge in [-0.3, -0.25) is 14.4 Å². The van der Waals surface area contributed by atoms with Gasteiger partial charge in [-0.2, -0.15) is 0 Å². The fourth-order valence-electron chi connectivity index (χ4n) is 2.33. The Labute approximate surface area is 111 Å². The summed E-state index contributed by atoms with van der Waals surface area (Å²) in [6.45, 7) is 5.60. The zero-order valence-electron chi connectivity index (χ0n) is 11.4. The number of aromatic amines is 1. The van der Waals surface area contributed by atoms with Crippen LogP contribution in [0.4, 0.5) is 0 Å². The van der Waals surface area contributed by atoms with E-state index in [4.69, 9.17) is 0 Å². The molecule has 1 aliphatic rings. The molecule has 0 radical (unpaired) electrons. The monoisotopic (exact) mass is 262 g/mol. The maximum atomic E-state index is 12.0. The fourth-order valence-corrected chi connectivity index (χ4v) is 2.33. The fraction of sp³-hybridized carbons (Fsp3) is 0.500. The van der Waals surface area contributed by atoms with Gasteiger partial charge in [-0.1, -0.05) is 6.92 Å². The quantitative estimate of drug-likeness (QED) is 0.842. The van der Waals surface area contributed by atoms with Crippen molar-refractivity contribution in [1.82, 2.24) is 10.3 Å². The number of H-pyrrole nitrogens is 1. The predicted octanol–water partition coefficient (Wildman–Crippen LogP) is 1.28. The molecule has 1 amide bonds. The first kappa shape index (κ1) is 13.5. The Kier molecular flexibility index (Phi) is 3.55. The molecule has 0 saturated heterocycles.